The van der Waals surface area contributed by atoms with Crippen LogP contribution in [0.3, 0.4) is 0 Å². The maximum atomic E-state index is 13.1. The van der Waals surface area contributed by atoms with Crippen LogP contribution in [0, 0.1) is 0 Å². The summed E-state index contributed by atoms with van der Waals surface area (Å²) >= 11 is 6.21. The van der Waals surface area contributed by atoms with Crippen LogP contribution in [0.25, 0.3) is 11.2 Å². The molecule has 0 fully saturated rings. The third kappa shape index (κ3) is 3.50. The van der Waals surface area contributed by atoms with Gasteiger partial charge in [0.05, 0.1) is 18.5 Å². The van der Waals surface area contributed by atoms with Crippen LogP contribution in [-0.4, -0.2) is 29.9 Å². The predicted molar refractivity (Wildman–Crippen MR) is 116 cm³/mol. The molecule has 0 spiro atoms. The SMILES string of the molecule is Cn1c(N/N=C\c2ccccn2)nc2c1c(=O)n(Cc1ccccc1Cl)c(=O)n2C. The van der Waals surface area contributed by atoms with E-state index in [1.165, 1.54) is 10.8 Å². The molecular formula is C20H18ClN7O2. The van der Waals surface area contributed by atoms with Crippen LogP contribution in [-0.2, 0) is 20.6 Å². The quantitative estimate of drug-likeness (QED) is 0.391. The number of halogens is 1. The van der Waals surface area contributed by atoms with E-state index < -0.39 is 11.2 Å². The van der Waals surface area contributed by atoms with Gasteiger partial charge in [-0.15, -0.1) is 0 Å². The first kappa shape index (κ1) is 19.6. The number of imidazole rings is 1. The van der Waals surface area contributed by atoms with E-state index in [1.54, 1.807) is 55.2 Å². The van der Waals surface area contributed by atoms with Gasteiger partial charge in [0, 0.05) is 25.3 Å². The van der Waals surface area contributed by atoms with Crippen LogP contribution in [0.5, 0.6) is 0 Å². The van der Waals surface area contributed by atoms with Crippen molar-refractivity contribution >= 4 is 34.9 Å². The lowest BCUT2D eigenvalue weighted by atomic mass is 10.2. The number of hydrogen-bond acceptors (Lipinski definition) is 6. The Balaban J connectivity index is 1.76. The normalized spacial score (nSPS) is 11.4. The monoisotopic (exact) mass is 423 g/mol. The number of hydrogen-bond donors (Lipinski definition) is 1. The van der Waals surface area contributed by atoms with Crippen molar-refractivity contribution in [2.24, 2.45) is 19.2 Å². The maximum absolute atomic E-state index is 13.1. The van der Waals surface area contributed by atoms with E-state index >= 15 is 0 Å². The molecule has 0 amide bonds. The minimum Gasteiger partial charge on any atom is -0.306 e. The second-order valence-electron chi connectivity index (χ2n) is 6.62. The molecule has 0 radical (unpaired) electrons. The highest BCUT2D eigenvalue weighted by Crippen LogP contribution is 2.16. The van der Waals surface area contributed by atoms with Crippen LogP contribution >= 0.6 is 11.6 Å². The van der Waals surface area contributed by atoms with Gasteiger partial charge >= 0.3 is 5.69 Å². The Morgan fingerprint density at radius 2 is 1.87 bits per heavy atom. The molecule has 1 aromatic carbocycles. The Morgan fingerprint density at radius 3 is 2.60 bits per heavy atom. The van der Waals surface area contributed by atoms with E-state index in [0.29, 0.717) is 22.2 Å². The van der Waals surface area contributed by atoms with Gasteiger partial charge in [-0.25, -0.2) is 10.2 Å². The third-order valence-corrected chi connectivity index (χ3v) is 5.06. The first-order valence-electron chi connectivity index (χ1n) is 9.07. The smallest absolute Gasteiger partial charge is 0.306 e. The molecule has 0 aliphatic heterocycles. The Morgan fingerprint density at radius 1 is 1.10 bits per heavy atom. The Kier molecular flexibility index (Phi) is 5.20. The first-order chi connectivity index (χ1) is 14.5. The molecule has 0 unspecified atom stereocenters. The zero-order chi connectivity index (χ0) is 21.3. The first-order valence-corrected chi connectivity index (χ1v) is 9.45. The summed E-state index contributed by atoms with van der Waals surface area (Å²) in [4.78, 5) is 34.4. The number of aromatic nitrogens is 5. The largest absolute Gasteiger partial charge is 0.332 e. The van der Waals surface area contributed by atoms with E-state index in [0.717, 1.165) is 4.57 Å². The van der Waals surface area contributed by atoms with Crippen molar-refractivity contribution in [3.05, 3.63) is 85.8 Å². The molecule has 4 rings (SSSR count). The lowest BCUT2D eigenvalue weighted by Crippen LogP contribution is -2.39. The minimum atomic E-state index is -0.478. The fraction of sp³-hybridized carbons (Fsp3) is 0.150. The van der Waals surface area contributed by atoms with Gasteiger partial charge in [-0.1, -0.05) is 35.9 Å². The van der Waals surface area contributed by atoms with Crippen molar-refractivity contribution in [1.29, 1.82) is 0 Å². The topological polar surface area (TPSA) is 99.1 Å². The molecule has 0 bridgehead atoms. The summed E-state index contributed by atoms with van der Waals surface area (Å²) in [5.41, 5.74) is 3.75. The van der Waals surface area contributed by atoms with E-state index in [9.17, 15) is 9.59 Å². The van der Waals surface area contributed by atoms with Crippen molar-refractivity contribution in [3.63, 3.8) is 0 Å². The molecule has 152 valence electrons. The zero-order valence-electron chi connectivity index (χ0n) is 16.3. The highest BCUT2D eigenvalue weighted by molar-refractivity contribution is 6.31. The summed E-state index contributed by atoms with van der Waals surface area (Å²) in [6.07, 6.45) is 3.20. The average Bonchev–Trinajstić information content (AvgIpc) is 3.08. The summed E-state index contributed by atoms with van der Waals surface area (Å²) in [6.45, 7) is 0.0624. The molecule has 4 aromatic rings. The van der Waals surface area contributed by atoms with Crippen molar-refractivity contribution < 1.29 is 0 Å². The van der Waals surface area contributed by atoms with Crippen LogP contribution in [0.1, 0.15) is 11.3 Å². The maximum Gasteiger partial charge on any atom is 0.332 e. The van der Waals surface area contributed by atoms with E-state index in [-0.39, 0.29) is 17.7 Å². The molecule has 0 aliphatic rings. The molecule has 9 nitrogen and oxygen atoms in total. The molecule has 0 aliphatic carbocycles. The number of nitrogens with one attached hydrogen (secondary N) is 1. The molecule has 0 saturated heterocycles. The van der Waals surface area contributed by atoms with Gasteiger partial charge in [0.2, 0.25) is 5.95 Å². The second-order valence-corrected chi connectivity index (χ2v) is 7.02. The van der Waals surface area contributed by atoms with Gasteiger partial charge in [-0.05, 0) is 23.8 Å². The third-order valence-electron chi connectivity index (χ3n) is 4.70. The van der Waals surface area contributed by atoms with Gasteiger partial charge in [-0.3, -0.25) is 18.9 Å². The van der Waals surface area contributed by atoms with E-state index in [1.807, 2.05) is 12.1 Å². The van der Waals surface area contributed by atoms with Crippen molar-refractivity contribution in [2.75, 3.05) is 5.43 Å². The number of nitrogens with zero attached hydrogens (tertiary/aromatic N) is 6. The summed E-state index contributed by atoms with van der Waals surface area (Å²) in [5.74, 6) is 0.319. The predicted octanol–water partition coefficient (Wildman–Crippen LogP) is 1.98. The molecule has 0 atom stereocenters. The fourth-order valence-electron chi connectivity index (χ4n) is 3.09. The van der Waals surface area contributed by atoms with Crippen molar-refractivity contribution in [3.8, 4) is 0 Å². The van der Waals surface area contributed by atoms with Crippen LogP contribution in [0.2, 0.25) is 5.02 Å². The van der Waals surface area contributed by atoms with Gasteiger partial charge < -0.3 is 4.57 Å². The lowest BCUT2D eigenvalue weighted by molar-refractivity contribution is 0.655. The number of rotatable bonds is 5. The van der Waals surface area contributed by atoms with Crippen molar-refractivity contribution in [1.82, 2.24) is 23.7 Å². The van der Waals surface area contributed by atoms with Gasteiger partial charge in [0.1, 0.15) is 0 Å². The Labute approximate surface area is 175 Å². The number of pyridine rings is 1. The van der Waals surface area contributed by atoms with Crippen LogP contribution < -0.4 is 16.7 Å². The summed E-state index contributed by atoms with van der Waals surface area (Å²) < 4.78 is 4.04. The molecule has 10 heteroatoms. The standard InChI is InChI=1S/C20H18ClN7O2/c1-26-16-17(24-19(26)25-23-11-14-8-5-6-10-22-14)27(2)20(30)28(18(16)29)12-13-7-3-4-9-15(13)21/h3-11H,12H2,1-2H3,(H,24,25)/b23-11-. The lowest BCUT2D eigenvalue weighted by Gasteiger charge is -2.09. The highest BCUT2D eigenvalue weighted by Gasteiger charge is 2.19. The van der Waals surface area contributed by atoms with Crippen LogP contribution in [0.15, 0.2) is 63.4 Å². The Hall–Kier alpha value is -3.72. The number of benzene rings is 1. The summed E-state index contributed by atoms with van der Waals surface area (Å²) in [6, 6.07) is 12.6. The van der Waals surface area contributed by atoms with Gasteiger partial charge in [0.25, 0.3) is 5.56 Å². The van der Waals surface area contributed by atoms with E-state index in [4.69, 9.17) is 11.6 Å². The average molecular weight is 424 g/mol. The molecule has 30 heavy (non-hydrogen) atoms. The molecule has 0 saturated carbocycles. The van der Waals surface area contributed by atoms with E-state index in [2.05, 4.69) is 20.5 Å². The number of fused-ring (bicyclic) bond motifs is 1. The van der Waals surface area contributed by atoms with Gasteiger partial charge in [0.15, 0.2) is 11.2 Å². The zero-order valence-corrected chi connectivity index (χ0v) is 17.0. The second kappa shape index (κ2) is 7.96. The fourth-order valence-corrected chi connectivity index (χ4v) is 3.28. The minimum absolute atomic E-state index is 0.0624. The molecule has 3 aromatic heterocycles. The Bertz CT molecular complexity index is 1370. The number of aryl methyl sites for hydroxylation is 2. The number of anilines is 1. The summed E-state index contributed by atoms with van der Waals surface area (Å²) in [7, 11) is 3.25. The van der Waals surface area contributed by atoms with Crippen molar-refractivity contribution in [2.45, 2.75) is 6.54 Å². The molecular weight excluding hydrogens is 406 g/mol. The molecule has 3 heterocycles. The van der Waals surface area contributed by atoms with Crippen LogP contribution in [0.4, 0.5) is 5.95 Å². The highest BCUT2D eigenvalue weighted by atomic mass is 35.5. The molecule has 1 N–H and O–H groups in total. The number of hydrazone groups is 1. The van der Waals surface area contributed by atoms with Gasteiger partial charge in [-0.2, -0.15) is 10.1 Å². The summed E-state index contributed by atoms with van der Waals surface area (Å²) in [5, 5.41) is 4.61.